The highest BCUT2D eigenvalue weighted by Crippen LogP contribution is 2.36. The lowest BCUT2D eigenvalue weighted by atomic mass is 9.85. The van der Waals surface area contributed by atoms with Gasteiger partial charge in [-0.2, -0.15) is 5.10 Å². The Kier molecular flexibility index (Phi) is 10.9. The molecule has 1 atom stereocenters. The molecule has 6 aromatic rings. The van der Waals surface area contributed by atoms with E-state index in [0.717, 1.165) is 63.7 Å². The van der Waals surface area contributed by atoms with Gasteiger partial charge in [-0.3, -0.25) is 38.5 Å². The van der Waals surface area contributed by atoms with Gasteiger partial charge in [0, 0.05) is 64.1 Å². The average molecular weight is 809 g/mol. The van der Waals surface area contributed by atoms with E-state index in [2.05, 4.69) is 37.3 Å². The van der Waals surface area contributed by atoms with E-state index in [1.165, 1.54) is 9.13 Å². The zero-order valence-corrected chi connectivity index (χ0v) is 33.8. The number of anilines is 1. The lowest BCUT2D eigenvalue weighted by Crippen LogP contribution is -2.44. The number of rotatable bonds is 9. The van der Waals surface area contributed by atoms with Crippen LogP contribution < -0.4 is 16.3 Å². The van der Waals surface area contributed by atoms with Crippen molar-refractivity contribution < 1.29 is 19.1 Å². The van der Waals surface area contributed by atoms with E-state index in [1.807, 2.05) is 77.2 Å². The summed E-state index contributed by atoms with van der Waals surface area (Å²) in [5, 5.41) is 10.5. The first-order chi connectivity index (χ1) is 29.2. The topological polar surface area (TPSA) is 163 Å². The van der Waals surface area contributed by atoms with Gasteiger partial charge in [0.1, 0.15) is 24.0 Å². The molecule has 0 bridgehead atoms. The third-order valence-electron chi connectivity index (χ3n) is 12.3. The molecule has 1 aliphatic carbocycles. The van der Waals surface area contributed by atoms with Crippen molar-refractivity contribution in [2.24, 2.45) is 13.0 Å². The number of carbonyl (C=O) groups is 3. The van der Waals surface area contributed by atoms with E-state index >= 15 is 0 Å². The zero-order chi connectivity index (χ0) is 41.3. The molecule has 5 aromatic heterocycles. The van der Waals surface area contributed by atoms with Gasteiger partial charge < -0.3 is 19.4 Å². The Morgan fingerprint density at radius 2 is 1.80 bits per heavy atom. The van der Waals surface area contributed by atoms with Crippen molar-refractivity contribution >= 4 is 40.1 Å². The van der Waals surface area contributed by atoms with Crippen molar-refractivity contribution in [1.29, 1.82) is 0 Å². The number of amides is 3. The Hall–Kier alpha value is -6.37. The fraction of sp³-hybridized carbons (Fsp3) is 0.400. The minimum absolute atomic E-state index is 0.139. The number of hydrogen-bond acceptors (Lipinski definition) is 9. The maximum Gasteiger partial charge on any atom is 0.329 e. The number of imidazole rings is 1. The molecule has 2 aliphatic heterocycles. The summed E-state index contributed by atoms with van der Waals surface area (Å²) in [6, 6.07) is 12.6. The summed E-state index contributed by atoms with van der Waals surface area (Å²) in [4.78, 5) is 62.7. The maximum atomic E-state index is 13.5. The Morgan fingerprint density at radius 3 is 2.58 bits per heavy atom. The standard InChI is InChI=1S/C45H48N10O5/c1-29-9-14-35(47-26-29)40-36(48-43(57)34-19-24-53-21-5-20-46-42(34)53)28-54(50-40)32-12-10-30(11-13-32)27-52-22-17-33(18-23-52)60-25-4-7-31-6-3-8-37-41(31)51(2)45(59)55(37)38-15-16-39(56)49-44(38)58/h3,5-6,8-9,14,19-21,24,26,28,30,32-33,38H,10-13,15-18,22-23,25,27H2,1-2H3,(H,48,57)(H,49,56,58). The van der Waals surface area contributed by atoms with E-state index in [0.29, 0.717) is 50.8 Å². The number of aryl methyl sites for hydroxylation is 2. The first-order valence-corrected chi connectivity index (χ1v) is 20.8. The summed E-state index contributed by atoms with van der Waals surface area (Å²) in [6.07, 6.45) is 15.9. The number of carbonyl (C=O) groups excluding carboxylic acids is 3. The molecule has 0 spiro atoms. The maximum absolute atomic E-state index is 13.5. The van der Waals surface area contributed by atoms with Gasteiger partial charge in [-0.05, 0) is 93.7 Å². The molecule has 15 nitrogen and oxygen atoms in total. The molecule has 308 valence electrons. The van der Waals surface area contributed by atoms with E-state index in [4.69, 9.17) is 9.84 Å². The molecule has 0 radical (unpaired) electrons. The van der Waals surface area contributed by atoms with Crippen molar-refractivity contribution in [2.45, 2.75) is 76.5 Å². The fourth-order valence-corrected chi connectivity index (χ4v) is 9.05. The number of imide groups is 1. The minimum Gasteiger partial charge on any atom is -0.365 e. The van der Waals surface area contributed by atoms with Gasteiger partial charge in [0.25, 0.3) is 5.91 Å². The van der Waals surface area contributed by atoms with Gasteiger partial charge in [-0.1, -0.05) is 24.0 Å². The normalized spacial score (nSPS) is 20.3. The van der Waals surface area contributed by atoms with Crippen LogP contribution >= 0.6 is 0 Å². The molecule has 2 saturated heterocycles. The SMILES string of the molecule is Cc1ccc(-c2nn(C3CCC(CN4CCC(OCC#Cc5cccc6c5n(C)c(=O)n6C5CCC(=O)NC5=O)CC4)CC3)cc2NC(=O)c2ccn3cccnc23)nc1. The third-order valence-corrected chi connectivity index (χ3v) is 12.3. The Morgan fingerprint density at radius 1 is 0.967 bits per heavy atom. The molecule has 3 aliphatic rings. The second-order valence-corrected chi connectivity index (χ2v) is 16.3. The van der Waals surface area contributed by atoms with Crippen LogP contribution in [0, 0.1) is 24.7 Å². The van der Waals surface area contributed by atoms with Crippen LogP contribution in [-0.4, -0.2) is 88.2 Å². The first-order valence-electron chi connectivity index (χ1n) is 20.8. The van der Waals surface area contributed by atoms with E-state index < -0.39 is 11.9 Å². The van der Waals surface area contributed by atoms with Gasteiger partial charge in [0.05, 0.1) is 45.7 Å². The number of fused-ring (bicyclic) bond motifs is 2. The highest BCUT2D eigenvalue weighted by molar-refractivity contribution is 6.09. The predicted molar refractivity (Wildman–Crippen MR) is 225 cm³/mol. The van der Waals surface area contributed by atoms with Gasteiger partial charge >= 0.3 is 5.69 Å². The van der Waals surface area contributed by atoms with Gasteiger partial charge in [0.15, 0.2) is 0 Å². The monoisotopic (exact) mass is 808 g/mol. The van der Waals surface area contributed by atoms with Crippen molar-refractivity contribution in [2.75, 3.05) is 31.6 Å². The van der Waals surface area contributed by atoms with Crippen molar-refractivity contribution in [1.82, 2.24) is 43.5 Å². The molecule has 7 heterocycles. The molecule has 2 N–H and O–H groups in total. The lowest BCUT2D eigenvalue weighted by Gasteiger charge is -2.36. The van der Waals surface area contributed by atoms with Crippen LogP contribution in [0.25, 0.3) is 28.1 Å². The van der Waals surface area contributed by atoms with Crippen molar-refractivity contribution in [3.8, 4) is 23.2 Å². The number of pyridine rings is 1. The number of nitrogens with zero attached hydrogens (tertiary/aromatic N) is 8. The molecule has 1 saturated carbocycles. The van der Waals surface area contributed by atoms with E-state index in [1.54, 1.807) is 19.3 Å². The van der Waals surface area contributed by atoms with Crippen LogP contribution in [0.2, 0.25) is 0 Å². The van der Waals surface area contributed by atoms with Gasteiger partial charge in [-0.15, -0.1) is 0 Å². The summed E-state index contributed by atoms with van der Waals surface area (Å²) in [7, 11) is 1.68. The number of likely N-dealkylation sites (tertiary alicyclic amines) is 1. The Bertz CT molecular complexity index is 2700. The van der Waals surface area contributed by atoms with Crippen LogP contribution in [0.15, 0.2) is 78.2 Å². The summed E-state index contributed by atoms with van der Waals surface area (Å²) in [5.41, 5.74) is 5.81. The Labute approximate surface area is 346 Å². The number of piperidine rings is 2. The molecule has 3 amide bonds. The van der Waals surface area contributed by atoms with Crippen molar-refractivity contribution in [3.05, 3.63) is 101 Å². The quantitative estimate of drug-likeness (QED) is 0.151. The molecule has 1 aromatic carbocycles. The summed E-state index contributed by atoms with van der Waals surface area (Å²) in [6.45, 7) is 5.32. The second-order valence-electron chi connectivity index (χ2n) is 16.3. The smallest absolute Gasteiger partial charge is 0.329 e. The molecule has 9 rings (SSSR count). The number of hydrogen-bond donors (Lipinski definition) is 2. The zero-order valence-electron chi connectivity index (χ0n) is 33.8. The number of aromatic nitrogens is 7. The summed E-state index contributed by atoms with van der Waals surface area (Å²) in [5.74, 6) is 5.95. The van der Waals surface area contributed by atoms with Crippen LogP contribution in [0.3, 0.4) is 0 Å². The van der Waals surface area contributed by atoms with Crippen molar-refractivity contribution in [3.63, 3.8) is 0 Å². The molecule has 1 unspecified atom stereocenters. The highest BCUT2D eigenvalue weighted by atomic mass is 16.5. The van der Waals surface area contributed by atoms with Crippen LogP contribution in [0.1, 0.15) is 84.9 Å². The minimum atomic E-state index is -0.739. The van der Waals surface area contributed by atoms with E-state index in [-0.39, 0.29) is 49.1 Å². The first kappa shape index (κ1) is 39.1. The molecular formula is C45H48N10O5. The molecule has 60 heavy (non-hydrogen) atoms. The molecule has 3 fully saturated rings. The molecule has 15 heteroatoms. The number of para-hydroxylation sites is 1. The highest BCUT2D eigenvalue weighted by Gasteiger charge is 2.32. The lowest BCUT2D eigenvalue weighted by molar-refractivity contribution is -0.135. The van der Waals surface area contributed by atoms with Crippen LogP contribution in [0.4, 0.5) is 5.69 Å². The second kappa shape index (κ2) is 16.7. The number of ether oxygens (including phenoxy) is 1. The van der Waals surface area contributed by atoms with Crippen LogP contribution in [-0.2, 0) is 21.4 Å². The summed E-state index contributed by atoms with van der Waals surface area (Å²) < 4.78 is 13.1. The summed E-state index contributed by atoms with van der Waals surface area (Å²) >= 11 is 0. The number of nitrogens with one attached hydrogen (secondary N) is 2. The van der Waals surface area contributed by atoms with E-state index in [9.17, 15) is 19.2 Å². The Balaban J connectivity index is 0.773. The fourth-order valence-electron chi connectivity index (χ4n) is 9.05. The molecular weight excluding hydrogens is 761 g/mol. The predicted octanol–water partition coefficient (Wildman–Crippen LogP) is 5.05. The third kappa shape index (κ3) is 7.88. The largest absolute Gasteiger partial charge is 0.365 e. The van der Waals surface area contributed by atoms with Gasteiger partial charge in [-0.25, -0.2) is 9.78 Å². The van der Waals surface area contributed by atoms with Gasteiger partial charge in [0.2, 0.25) is 11.8 Å². The van der Waals surface area contributed by atoms with Crippen LogP contribution in [0.5, 0.6) is 0 Å². The number of benzene rings is 1. The average Bonchev–Trinajstić information content (AvgIpc) is 3.95.